The molecule has 1 aliphatic rings. The molecule has 0 radical (unpaired) electrons. The Kier molecular flexibility index (Phi) is 2.28. The summed E-state index contributed by atoms with van der Waals surface area (Å²) in [5.74, 6) is 0.877. The first-order chi connectivity index (χ1) is 5.29. The Bertz CT molecular complexity index is 164. The Hall–Kier alpha value is -0.0400. The number of rotatable bonds is 2. The molecule has 1 aliphatic carbocycles. The normalized spacial score (nSPS) is 30.0. The van der Waals surface area contributed by atoms with Gasteiger partial charge in [-0.15, -0.1) is 0 Å². The second-order valence-electron chi connectivity index (χ2n) is 5.93. The molecule has 1 rings (SSSR count). The fourth-order valence-electron chi connectivity index (χ4n) is 2.31. The predicted molar refractivity (Wildman–Crippen MR) is 54.2 cm³/mol. The molecule has 0 aromatic rings. The van der Waals surface area contributed by atoms with Crippen LogP contribution in [0.4, 0.5) is 0 Å². The minimum absolute atomic E-state index is 0.396. The average Bonchev–Trinajstić information content (AvgIpc) is 2.38. The summed E-state index contributed by atoms with van der Waals surface area (Å²) in [6.07, 6.45) is 1.38. The molecule has 2 atom stereocenters. The Balaban J connectivity index is 2.60. The molecule has 1 fully saturated rings. The van der Waals surface area contributed by atoms with Gasteiger partial charge in [0.15, 0.2) is 0 Å². The van der Waals surface area contributed by atoms with Crippen LogP contribution in [0.2, 0.25) is 0 Å². The van der Waals surface area contributed by atoms with Crippen LogP contribution >= 0.6 is 0 Å². The lowest BCUT2D eigenvalue weighted by Crippen LogP contribution is -2.41. The van der Waals surface area contributed by atoms with Gasteiger partial charge >= 0.3 is 0 Å². The van der Waals surface area contributed by atoms with E-state index in [-0.39, 0.29) is 0 Å². The molecule has 0 aromatic carbocycles. The van der Waals surface area contributed by atoms with E-state index in [1.54, 1.807) is 0 Å². The van der Waals surface area contributed by atoms with Crippen molar-refractivity contribution in [2.75, 3.05) is 7.05 Å². The Morgan fingerprint density at radius 3 is 1.83 bits per heavy atom. The van der Waals surface area contributed by atoms with Crippen molar-refractivity contribution in [1.82, 2.24) is 5.32 Å². The molecular weight excluding hydrogens is 146 g/mol. The summed E-state index contributed by atoms with van der Waals surface area (Å²) < 4.78 is 0. The summed E-state index contributed by atoms with van der Waals surface area (Å²) in [6.45, 7) is 11.7. The second kappa shape index (κ2) is 2.73. The van der Waals surface area contributed by atoms with E-state index in [0.717, 1.165) is 5.92 Å². The summed E-state index contributed by atoms with van der Waals surface area (Å²) in [5.41, 5.74) is 0.980. The van der Waals surface area contributed by atoms with Gasteiger partial charge < -0.3 is 5.32 Å². The molecule has 0 aliphatic heterocycles. The smallest absolute Gasteiger partial charge is 0.0146 e. The SMILES string of the molecule is CNC(C1CC1(C)C)C(C)(C)C. The molecule has 0 bridgehead atoms. The van der Waals surface area contributed by atoms with E-state index >= 15 is 0 Å². The van der Waals surface area contributed by atoms with Crippen LogP contribution in [0.3, 0.4) is 0 Å². The lowest BCUT2D eigenvalue weighted by Gasteiger charge is -2.31. The van der Waals surface area contributed by atoms with Crippen molar-refractivity contribution >= 4 is 0 Å². The lowest BCUT2D eigenvalue weighted by atomic mass is 9.82. The molecule has 12 heavy (non-hydrogen) atoms. The maximum atomic E-state index is 3.46. The zero-order chi connectivity index (χ0) is 9.57. The van der Waals surface area contributed by atoms with Crippen molar-refractivity contribution in [3.05, 3.63) is 0 Å². The maximum Gasteiger partial charge on any atom is 0.0146 e. The first kappa shape index (κ1) is 10.0. The highest BCUT2D eigenvalue weighted by atomic mass is 14.9. The predicted octanol–water partition coefficient (Wildman–Crippen LogP) is 2.67. The zero-order valence-electron chi connectivity index (χ0n) is 9.36. The summed E-state index contributed by atoms with van der Waals surface area (Å²) in [6, 6.07) is 0.674. The van der Waals surface area contributed by atoms with Crippen LogP contribution in [0.25, 0.3) is 0 Å². The van der Waals surface area contributed by atoms with Gasteiger partial charge in [0.1, 0.15) is 0 Å². The van der Waals surface area contributed by atoms with Gasteiger partial charge in [0.2, 0.25) is 0 Å². The van der Waals surface area contributed by atoms with Crippen LogP contribution in [-0.4, -0.2) is 13.1 Å². The number of nitrogens with one attached hydrogen (secondary N) is 1. The average molecular weight is 169 g/mol. The van der Waals surface area contributed by atoms with Crippen LogP contribution in [-0.2, 0) is 0 Å². The van der Waals surface area contributed by atoms with E-state index in [0.29, 0.717) is 16.9 Å². The van der Waals surface area contributed by atoms with E-state index in [1.807, 2.05) is 0 Å². The molecule has 72 valence electrons. The fourth-order valence-corrected chi connectivity index (χ4v) is 2.31. The van der Waals surface area contributed by atoms with Crippen molar-refractivity contribution in [3.63, 3.8) is 0 Å². The van der Waals surface area contributed by atoms with Gasteiger partial charge in [0.25, 0.3) is 0 Å². The van der Waals surface area contributed by atoms with Crippen molar-refractivity contribution in [2.24, 2.45) is 16.7 Å². The van der Waals surface area contributed by atoms with Gasteiger partial charge in [-0.1, -0.05) is 34.6 Å². The van der Waals surface area contributed by atoms with Crippen LogP contribution in [0.5, 0.6) is 0 Å². The molecule has 2 unspecified atom stereocenters. The van der Waals surface area contributed by atoms with E-state index in [4.69, 9.17) is 0 Å². The highest BCUT2D eigenvalue weighted by molar-refractivity contribution is 5.04. The standard InChI is InChI=1S/C11H23N/c1-10(2,3)9(12-6)8-7-11(8,4)5/h8-9,12H,7H2,1-6H3. The van der Waals surface area contributed by atoms with Crippen molar-refractivity contribution in [3.8, 4) is 0 Å². The Labute approximate surface area is 76.9 Å². The fraction of sp³-hybridized carbons (Fsp3) is 1.00. The van der Waals surface area contributed by atoms with Gasteiger partial charge in [-0.25, -0.2) is 0 Å². The van der Waals surface area contributed by atoms with Crippen LogP contribution < -0.4 is 5.32 Å². The molecule has 1 heteroatoms. The maximum absolute atomic E-state index is 3.46. The summed E-state index contributed by atoms with van der Waals surface area (Å²) in [7, 11) is 2.09. The van der Waals surface area contributed by atoms with Gasteiger partial charge in [-0.05, 0) is 30.2 Å². The van der Waals surface area contributed by atoms with Gasteiger partial charge in [0.05, 0.1) is 0 Å². The van der Waals surface area contributed by atoms with E-state index in [9.17, 15) is 0 Å². The molecule has 1 N–H and O–H groups in total. The highest BCUT2D eigenvalue weighted by Gasteiger charge is 2.52. The van der Waals surface area contributed by atoms with Crippen molar-refractivity contribution in [2.45, 2.75) is 47.1 Å². The number of hydrogen-bond acceptors (Lipinski definition) is 1. The molecule has 1 saturated carbocycles. The van der Waals surface area contributed by atoms with Crippen LogP contribution in [0.15, 0.2) is 0 Å². The van der Waals surface area contributed by atoms with Crippen molar-refractivity contribution in [1.29, 1.82) is 0 Å². The molecule has 0 amide bonds. The van der Waals surface area contributed by atoms with E-state index in [2.05, 4.69) is 47.0 Å². The monoisotopic (exact) mass is 169 g/mol. The molecule has 0 aromatic heterocycles. The molecule has 0 heterocycles. The third-order valence-electron chi connectivity index (χ3n) is 3.24. The van der Waals surface area contributed by atoms with Crippen LogP contribution in [0.1, 0.15) is 41.0 Å². The van der Waals surface area contributed by atoms with Gasteiger partial charge in [-0.2, -0.15) is 0 Å². The highest BCUT2D eigenvalue weighted by Crippen LogP contribution is 2.56. The quantitative estimate of drug-likeness (QED) is 0.670. The molecule has 0 spiro atoms. The van der Waals surface area contributed by atoms with Gasteiger partial charge in [-0.3, -0.25) is 0 Å². The minimum atomic E-state index is 0.396. The summed E-state index contributed by atoms with van der Waals surface area (Å²) in [5, 5.41) is 3.46. The zero-order valence-corrected chi connectivity index (χ0v) is 9.36. The minimum Gasteiger partial charge on any atom is -0.316 e. The lowest BCUT2D eigenvalue weighted by molar-refractivity contribution is 0.234. The molecular formula is C11H23N. The third-order valence-corrected chi connectivity index (χ3v) is 3.24. The first-order valence-corrected chi connectivity index (χ1v) is 4.96. The Morgan fingerprint density at radius 2 is 1.75 bits per heavy atom. The third kappa shape index (κ3) is 1.82. The molecule has 1 nitrogen and oxygen atoms in total. The summed E-state index contributed by atoms with van der Waals surface area (Å²) in [4.78, 5) is 0. The first-order valence-electron chi connectivity index (χ1n) is 4.96. The van der Waals surface area contributed by atoms with Crippen molar-refractivity contribution < 1.29 is 0 Å². The van der Waals surface area contributed by atoms with E-state index in [1.165, 1.54) is 6.42 Å². The van der Waals surface area contributed by atoms with Crippen LogP contribution in [0, 0.1) is 16.7 Å². The topological polar surface area (TPSA) is 12.0 Å². The second-order valence-corrected chi connectivity index (χ2v) is 5.93. The largest absolute Gasteiger partial charge is 0.316 e. The number of hydrogen-bond donors (Lipinski definition) is 1. The molecule has 0 saturated heterocycles. The Morgan fingerprint density at radius 1 is 1.33 bits per heavy atom. The van der Waals surface area contributed by atoms with Gasteiger partial charge in [0, 0.05) is 6.04 Å². The van der Waals surface area contributed by atoms with E-state index < -0.39 is 0 Å². The summed E-state index contributed by atoms with van der Waals surface area (Å²) >= 11 is 0.